The van der Waals surface area contributed by atoms with Crippen LogP contribution in [-0.2, 0) is 38.9 Å². The van der Waals surface area contributed by atoms with E-state index in [0.29, 0.717) is 75.0 Å². The standard InChI is InChI=1S/C34H39N3O7S/c1-42-31-11-7-24-8-12-33(38)35-29-22-37(14-13-30(29)43-23-26-3-2-4-28(19-26)44-32(31)20-24)34(39)27-9-5-25(6-10-27)21-36-15-17-45(40,41)18-16-36/h2-7,9-11,19-20,29-30H,8,12-18,21-23H2,1H3,(H,35,38)/t29-,30+/m0/s1. The van der Waals surface area contributed by atoms with Crippen LogP contribution in [0.25, 0.3) is 0 Å². The monoisotopic (exact) mass is 633 g/mol. The van der Waals surface area contributed by atoms with Crippen molar-refractivity contribution in [2.24, 2.45) is 0 Å². The number of carbonyl (C=O) groups is 2. The first-order chi connectivity index (χ1) is 21.7. The van der Waals surface area contributed by atoms with Crippen molar-refractivity contribution in [3.63, 3.8) is 0 Å². The smallest absolute Gasteiger partial charge is 0.253 e. The molecule has 2 amide bonds. The first-order valence-corrected chi connectivity index (χ1v) is 17.2. The van der Waals surface area contributed by atoms with Crippen molar-refractivity contribution >= 4 is 21.7 Å². The predicted molar refractivity (Wildman–Crippen MR) is 169 cm³/mol. The molecule has 2 fully saturated rings. The van der Waals surface area contributed by atoms with Crippen molar-refractivity contribution in [2.75, 3.05) is 44.8 Å². The van der Waals surface area contributed by atoms with Crippen LogP contribution in [0.3, 0.4) is 0 Å². The van der Waals surface area contributed by atoms with Gasteiger partial charge in [-0.3, -0.25) is 14.5 Å². The van der Waals surface area contributed by atoms with Crippen LogP contribution in [0.15, 0.2) is 66.7 Å². The first kappa shape index (κ1) is 31.1. The van der Waals surface area contributed by atoms with E-state index in [1.807, 2.05) is 66.7 Å². The molecule has 0 spiro atoms. The Morgan fingerprint density at radius 2 is 1.78 bits per heavy atom. The van der Waals surface area contributed by atoms with Gasteiger partial charge in [-0.05, 0) is 65.9 Å². The van der Waals surface area contributed by atoms with Crippen molar-refractivity contribution in [2.45, 2.75) is 44.6 Å². The molecule has 3 heterocycles. The van der Waals surface area contributed by atoms with E-state index in [4.69, 9.17) is 14.2 Å². The summed E-state index contributed by atoms with van der Waals surface area (Å²) in [5.74, 6) is 2.04. The number of nitrogens with one attached hydrogen (secondary N) is 1. The number of piperidine rings is 1. The second-order valence-electron chi connectivity index (χ2n) is 11.9. The van der Waals surface area contributed by atoms with Crippen molar-refractivity contribution in [1.82, 2.24) is 15.1 Å². The number of fused-ring (bicyclic) bond motifs is 5. The Hall–Kier alpha value is -3.93. The van der Waals surface area contributed by atoms with Gasteiger partial charge in [-0.1, -0.05) is 30.3 Å². The molecule has 238 valence electrons. The summed E-state index contributed by atoms with van der Waals surface area (Å²) < 4.78 is 41.5. The third kappa shape index (κ3) is 7.84. The highest BCUT2D eigenvalue weighted by atomic mass is 32.2. The van der Waals surface area contributed by atoms with Crippen LogP contribution in [0, 0.1) is 0 Å². The number of methoxy groups -OCH3 is 1. The molecule has 0 saturated carbocycles. The third-order valence-electron chi connectivity index (χ3n) is 8.69. The number of amides is 2. The van der Waals surface area contributed by atoms with E-state index in [0.717, 1.165) is 16.7 Å². The Kier molecular flexibility index (Phi) is 9.39. The fraction of sp³-hybridized carbons (Fsp3) is 0.412. The fourth-order valence-electron chi connectivity index (χ4n) is 6.08. The van der Waals surface area contributed by atoms with Gasteiger partial charge in [0, 0.05) is 44.7 Å². The van der Waals surface area contributed by atoms with E-state index in [1.165, 1.54) is 0 Å². The maximum atomic E-state index is 13.6. The number of hydrogen-bond acceptors (Lipinski definition) is 8. The summed E-state index contributed by atoms with van der Waals surface area (Å²) in [6.45, 7) is 2.88. The molecule has 11 heteroatoms. The van der Waals surface area contributed by atoms with Crippen LogP contribution in [0.2, 0.25) is 0 Å². The summed E-state index contributed by atoms with van der Waals surface area (Å²) in [5.41, 5.74) is 3.50. The summed E-state index contributed by atoms with van der Waals surface area (Å²) >= 11 is 0. The second-order valence-corrected chi connectivity index (χ2v) is 14.2. The van der Waals surface area contributed by atoms with Crippen molar-refractivity contribution in [1.29, 1.82) is 0 Å². The number of hydrogen-bond donors (Lipinski definition) is 1. The zero-order valence-electron chi connectivity index (χ0n) is 25.4. The molecule has 3 aromatic rings. The summed E-state index contributed by atoms with van der Waals surface area (Å²) in [5, 5.41) is 3.16. The van der Waals surface area contributed by atoms with E-state index >= 15 is 0 Å². The Morgan fingerprint density at radius 1 is 0.978 bits per heavy atom. The minimum atomic E-state index is -2.93. The van der Waals surface area contributed by atoms with Crippen molar-refractivity contribution < 1.29 is 32.2 Å². The second kappa shape index (κ2) is 13.6. The molecular weight excluding hydrogens is 594 g/mol. The molecule has 6 rings (SSSR count). The summed E-state index contributed by atoms with van der Waals surface area (Å²) in [4.78, 5) is 30.6. The van der Waals surface area contributed by atoms with Gasteiger partial charge >= 0.3 is 0 Å². The highest BCUT2D eigenvalue weighted by Crippen LogP contribution is 2.33. The lowest BCUT2D eigenvalue weighted by molar-refractivity contribution is -0.124. The lowest BCUT2D eigenvalue weighted by atomic mass is 9.99. The molecule has 0 unspecified atom stereocenters. The maximum absolute atomic E-state index is 13.6. The number of sulfone groups is 1. The van der Waals surface area contributed by atoms with Crippen LogP contribution in [0.1, 0.15) is 39.9 Å². The van der Waals surface area contributed by atoms with Crippen LogP contribution in [-0.4, -0.2) is 87.0 Å². The van der Waals surface area contributed by atoms with Gasteiger partial charge < -0.3 is 24.4 Å². The van der Waals surface area contributed by atoms with Gasteiger partial charge in [0.25, 0.3) is 5.91 Å². The number of carbonyl (C=O) groups excluding carboxylic acids is 2. The normalized spacial score (nSPS) is 22.2. The zero-order valence-corrected chi connectivity index (χ0v) is 26.3. The summed E-state index contributed by atoms with van der Waals surface area (Å²) in [7, 11) is -1.33. The SMILES string of the molecule is COc1ccc2cc1Oc1cccc(c1)CO[C@@H]1CCN(C(=O)c3ccc(CN4CCS(=O)(=O)CC4)cc3)C[C@@H]1NC(=O)CC2. The fourth-order valence-corrected chi connectivity index (χ4v) is 7.35. The van der Waals surface area contributed by atoms with E-state index in [-0.39, 0.29) is 41.9 Å². The molecule has 3 aromatic carbocycles. The van der Waals surface area contributed by atoms with Gasteiger partial charge in [0.2, 0.25) is 5.91 Å². The predicted octanol–water partition coefficient (Wildman–Crippen LogP) is 3.58. The minimum absolute atomic E-state index is 0.0928. The average Bonchev–Trinajstić information content (AvgIpc) is 3.04. The number of benzene rings is 3. The van der Waals surface area contributed by atoms with Crippen LogP contribution in [0.5, 0.6) is 17.2 Å². The first-order valence-electron chi connectivity index (χ1n) is 15.4. The van der Waals surface area contributed by atoms with Gasteiger partial charge in [-0.2, -0.15) is 0 Å². The highest BCUT2D eigenvalue weighted by molar-refractivity contribution is 7.91. The lowest BCUT2D eigenvalue weighted by Gasteiger charge is -2.39. The molecule has 3 aliphatic rings. The lowest BCUT2D eigenvalue weighted by Crippen LogP contribution is -2.57. The molecule has 2 saturated heterocycles. The largest absolute Gasteiger partial charge is 0.493 e. The summed E-state index contributed by atoms with van der Waals surface area (Å²) in [6.07, 6.45) is 1.12. The number of rotatable bonds is 4. The Labute approximate surface area is 264 Å². The Balaban J connectivity index is 1.14. The molecule has 3 aliphatic heterocycles. The van der Waals surface area contributed by atoms with E-state index < -0.39 is 9.84 Å². The minimum Gasteiger partial charge on any atom is -0.493 e. The quantitative estimate of drug-likeness (QED) is 0.464. The molecule has 1 N–H and O–H groups in total. The van der Waals surface area contributed by atoms with Crippen molar-refractivity contribution in [3.05, 3.63) is 89.0 Å². The van der Waals surface area contributed by atoms with Crippen LogP contribution in [0.4, 0.5) is 0 Å². The van der Waals surface area contributed by atoms with Crippen molar-refractivity contribution in [3.8, 4) is 17.2 Å². The van der Waals surface area contributed by atoms with E-state index in [2.05, 4.69) is 10.2 Å². The molecule has 45 heavy (non-hydrogen) atoms. The highest BCUT2D eigenvalue weighted by Gasteiger charge is 2.34. The third-order valence-corrected chi connectivity index (χ3v) is 10.3. The number of aryl methyl sites for hydroxylation is 1. The van der Waals surface area contributed by atoms with E-state index in [1.54, 1.807) is 12.0 Å². The van der Waals surface area contributed by atoms with Gasteiger partial charge in [-0.15, -0.1) is 0 Å². The zero-order chi connectivity index (χ0) is 31.4. The van der Waals surface area contributed by atoms with Gasteiger partial charge in [0.15, 0.2) is 21.3 Å². The van der Waals surface area contributed by atoms with Gasteiger partial charge in [0.05, 0.1) is 37.4 Å². The van der Waals surface area contributed by atoms with E-state index in [9.17, 15) is 18.0 Å². The maximum Gasteiger partial charge on any atom is 0.253 e. The topological polar surface area (TPSA) is 114 Å². The molecule has 0 aliphatic carbocycles. The molecule has 10 nitrogen and oxygen atoms in total. The Morgan fingerprint density at radius 3 is 2.56 bits per heavy atom. The molecule has 2 atom stereocenters. The molecular formula is C34H39N3O7S. The molecule has 0 radical (unpaired) electrons. The van der Waals surface area contributed by atoms with Crippen LogP contribution < -0.4 is 14.8 Å². The van der Waals surface area contributed by atoms with Crippen LogP contribution >= 0.6 is 0 Å². The Bertz CT molecular complexity index is 1630. The summed E-state index contributed by atoms with van der Waals surface area (Å²) in [6, 6.07) is 20.6. The van der Waals surface area contributed by atoms with Gasteiger partial charge in [0.1, 0.15) is 5.75 Å². The van der Waals surface area contributed by atoms with Gasteiger partial charge in [-0.25, -0.2) is 8.42 Å². The number of likely N-dealkylation sites (tertiary alicyclic amines) is 1. The molecule has 0 aromatic heterocycles. The number of ether oxygens (including phenoxy) is 3. The molecule has 4 bridgehead atoms. The average molecular weight is 634 g/mol. The number of nitrogens with zero attached hydrogens (tertiary/aromatic N) is 2.